The summed E-state index contributed by atoms with van der Waals surface area (Å²) in [5.74, 6) is -0.567. The molecule has 3 aromatic rings. The lowest BCUT2D eigenvalue weighted by Gasteiger charge is -2.05. The van der Waals surface area contributed by atoms with Crippen LogP contribution in [0.15, 0.2) is 54.6 Å². The largest absolute Gasteiger partial charge is 0.350 e. The van der Waals surface area contributed by atoms with Gasteiger partial charge in [0.1, 0.15) is 4.88 Å². The van der Waals surface area contributed by atoms with Crippen LogP contribution in [0.5, 0.6) is 0 Å². The van der Waals surface area contributed by atoms with Gasteiger partial charge in [0.05, 0.1) is 18.2 Å². The van der Waals surface area contributed by atoms with Gasteiger partial charge in [-0.15, -0.1) is 0 Å². The van der Waals surface area contributed by atoms with Crippen molar-refractivity contribution in [2.45, 2.75) is 19.8 Å². The number of hydrogen-bond acceptors (Lipinski definition) is 5. The molecule has 7 heteroatoms. The second-order valence-electron chi connectivity index (χ2n) is 6.41. The number of benzene rings is 2. The van der Waals surface area contributed by atoms with E-state index in [1.165, 1.54) is 5.56 Å². The Bertz CT molecular complexity index is 1040. The molecule has 29 heavy (non-hydrogen) atoms. The first-order valence-electron chi connectivity index (χ1n) is 9.13. The third-order valence-electron chi connectivity index (χ3n) is 4.21. The summed E-state index contributed by atoms with van der Waals surface area (Å²) in [7, 11) is 0. The van der Waals surface area contributed by atoms with Crippen molar-refractivity contribution in [2.24, 2.45) is 0 Å². The Morgan fingerprint density at radius 2 is 1.72 bits per heavy atom. The SMILES string of the molecule is Cc1nc(NC(=O)c2ccc(Cc3ccccc3)cc2)sc1C(=O)NCCC#N. The van der Waals surface area contributed by atoms with Crippen LogP contribution in [0.3, 0.4) is 0 Å². The van der Waals surface area contributed by atoms with Crippen LogP contribution in [0, 0.1) is 18.3 Å². The van der Waals surface area contributed by atoms with Crippen LogP contribution in [0.1, 0.15) is 43.3 Å². The summed E-state index contributed by atoms with van der Waals surface area (Å²) < 4.78 is 0. The van der Waals surface area contributed by atoms with Crippen molar-refractivity contribution < 1.29 is 9.59 Å². The molecule has 146 valence electrons. The van der Waals surface area contributed by atoms with Crippen molar-refractivity contribution in [3.8, 4) is 6.07 Å². The van der Waals surface area contributed by atoms with Gasteiger partial charge in [-0.2, -0.15) is 5.26 Å². The highest BCUT2D eigenvalue weighted by Crippen LogP contribution is 2.23. The van der Waals surface area contributed by atoms with Gasteiger partial charge in [-0.1, -0.05) is 53.8 Å². The predicted octanol–water partition coefficient (Wildman–Crippen LogP) is 3.94. The lowest BCUT2D eigenvalue weighted by Crippen LogP contribution is -2.23. The number of carbonyl (C=O) groups is 2. The number of nitrogens with zero attached hydrogens (tertiary/aromatic N) is 2. The molecular weight excluding hydrogens is 384 g/mol. The summed E-state index contributed by atoms with van der Waals surface area (Å²) in [6, 6.07) is 19.5. The molecule has 6 nitrogen and oxygen atoms in total. The van der Waals surface area contributed by atoms with Crippen LogP contribution in [-0.2, 0) is 6.42 Å². The maximum atomic E-state index is 12.5. The molecule has 0 aliphatic heterocycles. The third kappa shape index (κ3) is 5.50. The summed E-state index contributed by atoms with van der Waals surface area (Å²) >= 11 is 1.12. The van der Waals surface area contributed by atoms with Gasteiger partial charge in [-0.05, 0) is 36.6 Å². The van der Waals surface area contributed by atoms with Crippen molar-refractivity contribution in [3.05, 3.63) is 81.9 Å². The number of amides is 2. The molecule has 3 rings (SSSR count). The van der Waals surface area contributed by atoms with Gasteiger partial charge in [0.2, 0.25) is 0 Å². The van der Waals surface area contributed by atoms with E-state index >= 15 is 0 Å². The lowest BCUT2D eigenvalue weighted by atomic mass is 10.0. The minimum Gasteiger partial charge on any atom is -0.350 e. The number of nitriles is 1. The molecule has 2 N–H and O–H groups in total. The van der Waals surface area contributed by atoms with Gasteiger partial charge in [-0.3, -0.25) is 14.9 Å². The fraction of sp³-hybridized carbons (Fsp3) is 0.182. The number of aryl methyl sites for hydroxylation is 1. The number of anilines is 1. The summed E-state index contributed by atoms with van der Waals surface area (Å²) in [6.45, 7) is 1.99. The summed E-state index contributed by atoms with van der Waals surface area (Å²) in [5.41, 5.74) is 3.39. The Hall–Kier alpha value is -3.50. The molecule has 0 radical (unpaired) electrons. The molecule has 0 fully saturated rings. The van der Waals surface area contributed by atoms with Crippen LogP contribution in [0.4, 0.5) is 5.13 Å². The van der Waals surface area contributed by atoms with Crippen molar-refractivity contribution in [1.29, 1.82) is 5.26 Å². The number of aromatic nitrogens is 1. The van der Waals surface area contributed by atoms with Crippen LogP contribution in [0.2, 0.25) is 0 Å². The molecule has 0 unspecified atom stereocenters. The predicted molar refractivity (Wildman–Crippen MR) is 113 cm³/mol. The van der Waals surface area contributed by atoms with Gasteiger partial charge in [-0.25, -0.2) is 4.98 Å². The van der Waals surface area contributed by atoms with Crippen LogP contribution >= 0.6 is 11.3 Å². The minimum atomic E-state index is -0.291. The van der Waals surface area contributed by atoms with E-state index in [2.05, 4.69) is 27.8 Å². The highest BCUT2D eigenvalue weighted by Gasteiger charge is 2.17. The Morgan fingerprint density at radius 1 is 1.03 bits per heavy atom. The van der Waals surface area contributed by atoms with Crippen LogP contribution < -0.4 is 10.6 Å². The van der Waals surface area contributed by atoms with Gasteiger partial charge >= 0.3 is 0 Å². The smallest absolute Gasteiger partial charge is 0.263 e. The zero-order valence-corrected chi connectivity index (χ0v) is 16.8. The van der Waals surface area contributed by atoms with Crippen molar-refractivity contribution >= 4 is 28.3 Å². The summed E-state index contributed by atoms with van der Waals surface area (Å²) in [6.07, 6.45) is 1.05. The van der Waals surface area contributed by atoms with Gasteiger partial charge < -0.3 is 5.32 Å². The van der Waals surface area contributed by atoms with Gasteiger partial charge in [0, 0.05) is 12.1 Å². The third-order valence-corrected chi connectivity index (χ3v) is 5.28. The molecule has 0 saturated heterocycles. The van der Waals surface area contributed by atoms with E-state index in [0.29, 0.717) is 21.3 Å². The maximum absolute atomic E-state index is 12.5. The van der Waals surface area contributed by atoms with Crippen LogP contribution in [0.25, 0.3) is 0 Å². The molecule has 2 aromatic carbocycles. The minimum absolute atomic E-state index is 0.244. The van der Waals surface area contributed by atoms with Crippen molar-refractivity contribution in [3.63, 3.8) is 0 Å². The second kappa shape index (κ2) is 9.62. The van der Waals surface area contributed by atoms with Gasteiger partial charge in [0.15, 0.2) is 5.13 Å². The number of nitrogens with one attached hydrogen (secondary N) is 2. The van der Waals surface area contributed by atoms with E-state index in [1.54, 1.807) is 19.1 Å². The first kappa shape index (κ1) is 20.2. The Balaban J connectivity index is 1.62. The zero-order chi connectivity index (χ0) is 20.6. The van der Waals surface area contributed by atoms with E-state index in [1.807, 2.05) is 36.4 Å². The normalized spacial score (nSPS) is 10.2. The summed E-state index contributed by atoms with van der Waals surface area (Å²) in [5, 5.41) is 14.3. The molecule has 0 spiro atoms. The van der Waals surface area contributed by atoms with Crippen molar-refractivity contribution in [1.82, 2.24) is 10.3 Å². The number of rotatable bonds is 7. The van der Waals surface area contributed by atoms with E-state index < -0.39 is 0 Å². The Labute approximate surface area is 173 Å². The molecule has 0 bridgehead atoms. The topological polar surface area (TPSA) is 94.9 Å². The fourth-order valence-corrected chi connectivity index (χ4v) is 3.63. The second-order valence-corrected chi connectivity index (χ2v) is 7.41. The van der Waals surface area contributed by atoms with Gasteiger partial charge in [0.25, 0.3) is 11.8 Å². The molecule has 2 amide bonds. The van der Waals surface area contributed by atoms with Crippen LogP contribution in [-0.4, -0.2) is 23.3 Å². The first-order chi connectivity index (χ1) is 14.1. The number of thiazole rings is 1. The van der Waals surface area contributed by atoms with E-state index in [4.69, 9.17) is 5.26 Å². The Kier molecular flexibility index (Phi) is 6.72. The molecule has 0 aliphatic rings. The maximum Gasteiger partial charge on any atom is 0.263 e. The standard InChI is InChI=1S/C22H20N4O2S/c1-15-19(21(28)24-13-5-12-23)29-22(25-15)26-20(27)18-10-8-17(9-11-18)14-16-6-3-2-4-7-16/h2-4,6-11H,5,13-14H2,1H3,(H,24,28)(H,25,26,27). The first-order valence-corrected chi connectivity index (χ1v) is 9.95. The lowest BCUT2D eigenvalue weighted by molar-refractivity contribution is 0.0956. The molecule has 0 aliphatic carbocycles. The van der Waals surface area contributed by atoms with E-state index in [-0.39, 0.29) is 24.8 Å². The number of hydrogen-bond donors (Lipinski definition) is 2. The molecule has 1 heterocycles. The zero-order valence-electron chi connectivity index (χ0n) is 15.9. The highest BCUT2D eigenvalue weighted by molar-refractivity contribution is 7.17. The fourth-order valence-electron chi connectivity index (χ4n) is 2.75. The average Bonchev–Trinajstić information content (AvgIpc) is 3.09. The number of carbonyl (C=O) groups excluding carboxylic acids is 2. The van der Waals surface area contributed by atoms with E-state index in [9.17, 15) is 9.59 Å². The average molecular weight is 404 g/mol. The molecular formula is C22H20N4O2S. The van der Waals surface area contributed by atoms with Crippen molar-refractivity contribution in [2.75, 3.05) is 11.9 Å². The van der Waals surface area contributed by atoms with E-state index in [0.717, 1.165) is 23.3 Å². The highest BCUT2D eigenvalue weighted by atomic mass is 32.1. The molecule has 0 atom stereocenters. The molecule has 1 aromatic heterocycles. The Morgan fingerprint density at radius 3 is 2.41 bits per heavy atom. The molecule has 0 saturated carbocycles. The summed E-state index contributed by atoms with van der Waals surface area (Å²) in [4.78, 5) is 29.3. The quantitative estimate of drug-likeness (QED) is 0.583. The monoisotopic (exact) mass is 404 g/mol.